The van der Waals surface area contributed by atoms with E-state index < -0.39 is 17.7 Å². The standard InChI is InChI=1S/C11H12ClF2N/c12-8-5-9(13)7(4-10(8)14)11(15)6-2-1-3-6/h4-6,11H,1-3,15H2. The normalized spacial score (nSPS) is 18.7. The van der Waals surface area contributed by atoms with Crippen LogP contribution in [0.1, 0.15) is 30.9 Å². The fourth-order valence-electron chi connectivity index (χ4n) is 1.85. The quantitative estimate of drug-likeness (QED) is 0.776. The summed E-state index contributed by atoms with van der Waals surface area (Å²) in [6, 6.07) is 1.69. The molecular formula is C11H12ClF2N. The first-order valence-electron chi connectivity index (χ1n) is 4.99. The fraction of sp³-hybridized carbons (Fsp3) is 0.455. The van der Waals surface area contributed by atoms with Crippen molar-refractivity contribution in [1.29, 1.82) is 0 Å². The van der Waals surface area contributed by atoms with Gasteiger partial charge in [0.2, 0.25) is 0 Å². The summed E-state index contributed by atoms with van der Waals surface area (Å²) < 4.78 is 26.6. The van der Waals surface area contributed by atoms with Gasteiger partial charge < -0.3 is 5.73 Å². The van der Waals surface area contributed by atoms with Gasteiger partial charge in [-0.05, 0) is 30.9 Å². The average Bonchev–Trinajstić information content (AvgIpc) is 2.08. The SMILES string of the molecule is NC(c1cc(F)c(Cl)cc1F)C1CCC1. The summed E-state index contributed by atoms with van der Waals surface area (Å²) in [5, 5.41) is -0.197. The molecule has 1 nitrogen and oxygen atoms in total. The van der Waals surface area contributed by atoms with Crippen LogP contribution in [0.5, 0.6) is 0 Å². The number of hydrogen-bond acceptors (Lipinski definition) is 1. The highest BCUT2D eigenvalue weighted by Crippen LogP contribution is 2.37. The minimum absolute atomic E-state index is 0.197. The van der Waals surface area contributed by atoms with E-state index in [1.54, 1.807) is 0 Å². The van der Waals surface area contributed by atoms with Crippen LogP contribution >= 0.6 is 11.6 Å². The molecule has 0 aromatic heterocycles. The van der Waals surface area contributed by atoms with Crippen molar-refractivity contribution in [2.45, 2.75) is 25.3 Å². The van der Waals surface area contributed by atoms with Gasteiger partial charge in [-0.25, -0.2) is 8.78 Å². The molecule has 0 aliphatic heterocycles. The minimum Gasteiger partial charge on any atom is -0.324 e. The Morgan fingerprint density at radius 2 is 1.93 bits per heavy atom. The van der Waals surface area contributed by atoms with Crippen LogP contribution in [-0.2, 0) is 0 Å². The highest BCUT2D eigenvalue weighted by Gasteiger charge is 2.28. The molecule has 0 radical (unpaired) electrons. The van der Waals surface area contributed by atoms with Gasteiger partial charge in [-0.3, -0.25) is 0 Å². The summed E-state index contributed by atoms with van der Waals surface area (Å²) in [5.41, 5.74) is 6.11. The Balaban J connectivity index is 2.30. The molecule has 1 aliphatic rings. The van der Waals surface area contributed by atoms with E-state index in [-0.39, 0.29) is 16.5 Å². The van der Waals surface area contributed by atoms with Crippen molar-refractivity contribution in [2.24, 2.45) is 11.7 Å². The lowest BCUT2D eigenvalue weighted by Crippen LogP contribution is -2.27. The molecular weight excluding hydrogens is 220 g/mol. The Bertz CT molecular complexity index is 377. The van der Waals surface area contributed by atoms with E-state index in [0.29, 0.717) is 0 Å². The number of halogens is 3. The molecule has 1 unspecified atom stereocenters. The summed E-state index contributed by atoms with van der Waals surface area (Å²) in [5.74, 6) is -0.844. The molecule has 0 spiro atoms. The molecule has 0 heterocycles. The van der Waals surface area contributed by atoms with Gasteiger partial charge in [0, 0.05) is 11.6 Å². The van der Waals surface area contributed by atoms with E-state index in [9.17, 15) is 8.78 Å². The smallest absolute Gasteiger partial charge is 0.142 e. The van der Waals surface area contributed by atoms with Crippen LogP contribution in [0.3, 0.4) is 0 Å². The molecule has 82 valence electrons. The molecule has 1 aromatic carbocycles. The summed E-state index contributed by atoms with van der Waals surface area (Å²) in [7, 11) is 0. The molecule has 0 bridgehead atoms. The first kappa shape index (κ1) is 10.8. The second kappa shape index (κ2) is 4.06. The lowest BCUT2D eigenvalue weighted by molar-refractivity contribution is 0.260. The van der Waals surface area contributed by atoms with Crippen LogP contribution < -0.4 is 5.73 Å². The Kier molecular flexibility index (Phi) is 2.94. The van der Waals surface area contributed by atoms with Crippen LogP contribution in [0.15, 0.2) is 12.1 Å². The van der Waals surface area contributed by atoms with Crippen molar-refractivity contribution >= 4 is 11.6 Å². The maximum Gasteiger partial charge on any atom is 0.142 e. The molecule has 1 saturated carbocycles. The molecule has 1 aliphatic carbocycles. The van der Waals surface area contributed by atoms with Gasteiger partial charge in [0.1, 0.15) is 11.6 Å². The fourth-order valence-corrected chi connectivity index (χ4v) is 2.00. The van der Waals surface area contributed by atoms with Crippen LogP contribution in [0, 0.1) is 17.6 Å². The lowest BCUT2D eigenvalue weighted by Gasteiger charge is -2.31. The Morgan fingerprint density at radius 3 is 2.47 bits per heavy atom. The summed E-state index contributed by atoms with van der Waals surface area (Å²) in [6.07, 6.45) is 3.10. The highest BCUT2D eigenvalue weighted by molar-refractivity contribution is 6.30. The first-order chi connectivity index (χ1) is 7.09. The van der Waals surface area contributed by atoms with Crippen LogP contribution in [0.25, 0.3) is 0 Å². The Labute approximate surface area is 92.2 Å². The second-order valence-corrected chi connectivity index (χ2v) is 4.41. The molecule has 1 fully saturated rings. The van der Waals surface area contributed by atoms with Crippen molar-refractivity contribution in [1.82, 2.24) is 0 Å². The third kappa shape index (κ3) is 1.99. The van der Waals surface area contributed by atoms with Crippen molar-refractivity contribution in [3.63, 3.8) is 0 Å². The van der Waals surface area contributed by atoms with Crippen molar-refractivity contribution in [2.75, 3.05) is 0 Å². The third-order valence-corrected chi connectivity index (χ3v) is 3.35. The minimum atomic E-state index is -0.608. The lowest BCUT2D eigenvalue weighted by atomic mass is 9.77. The molecule has 15 heavy (non-hydrogen) atoms. The van der Waals surface area contributed by atoms with Crippen LogP contribution in [0.4, 0.5) is 8.78 Å². The largest absolute Gasteiger partial charge is 0.324 e. The van der Waals surface area contributed by atoms with E-state index in [1.807, 2.05) is 0 Å². The zero-order chi connectivity index (χ0) is 11.0. The monoisotopic (exact) mass is 231 g/mol. The molecule has 4 heteroatoms. The maximum atomic E-state index is 13.5. The Hall–Kier alpha value is -0.670. The van der Waals surface area contributed by atoms with E-state index in [0.717, 1.165) is 31.4 Å². The van der Waals surface area contributed by atoms with E-state index in [4.69, 9.17) is 17.3 Å². The molecule has 0 saturated heterocycles. The second-order valence-electron chi connectivity index (χ2n) is 4.00. The van der Waals surface area contributed by atoms with E-state index in [2.05, 4.69) is 0 Å². The number of rotatable bonds is 2. The van der Waals surface area contributed by atoms with Gasteiger partial charge in [-0.1, -0.05) is 18.0 Å². The topological polar surface area (TPSA) is 26.0 Å². The van der Waals surface area contributed by atoms with Gasteiger partial charge in [-0.2, -0.15) is 0 Å². The first-order valence-corrected chi connectivity index (χ1v) is 5.37. The number of hydrogen-bond donors (Lipinski definition) is 1. The van der Waals surface area contributed by atoms with Crippen molar-refractivity contribution in [3.8, 4) is 0 Å². The van der Waals surface area contributed by atoms with Gasteiger partial charge in [-0.15, -0.1) is 0 Å². The highest BCUT2D eigenvalue weighted by atomic mass is 35.5. The van der Waals surface area contributed by atoms with Gasteiger partial charge >= 0.3 is 0 Å². The summed E-state index contributed by atoms with van der Waals surface area (Å²) >= 11 is 5.46. The maximum absolute atomic E-state index is 13.5. The van der Waals surface area contributed by atoms with Crippen LogP contribution in [0.2, 0.25) is 5.02 Å². The molecule has 1 aromatic rings. The van der Waals surface area contributed by atoms with Gasteiger partial charge in [0.15, 0.2) is 0 Å². The molecule has 1 atom stereocenters. The summed E-state index contributed by atoms with van der Waals surface area (Å²) in [6.45, 7) is 0. The Morgan fingerprint density at radius 1 is 1.27 bits per heavy atom. The molecule has 2 N–H and O–H groups in total. The van der Waals surface area contributed by atoms with Crippen molar-refractivity contribution in [3.05, 3.63) is 34.4 Å². The molecule has 2 rings (SSSR count). The van der Waals surface area contributed by atoms with E-state index in [1.165, 1.54) is 0 Å². The van der Waals surface area contributed by atoms with E-state index >= 15 is 0 Å². The number of benzene rings is 1. The average molecular weight is 232 g/mol. The summed E-state index contributed by atoms with van der Waals surface area (Å²) in [4.78, 5) is 0. The van der Waals surface area contributed by atoms with Gasteiger partial charge in [0.25, 0.3) is 0 Å². The predicted octanol–water partition coefficient (Wildman–Crippen LogP) is 3.42. The predicted molar refractivity (Wildman–Crippen MR) is 55.6 cm³/mol. The molecule has 0 amide bonds. The third-order valence-electron chi connectivity index (χ3n) is 3.06. The number of nitrogens with two attached hydrogens (primary N) is 1. The van der Waals surface area contributed by atoms with Crippen molar-refractivity contribution < 1.29 is 8.78 Å². The zero-order valence-electron chi connectivity index (χ0n) is 8.14. The van der Waals surface area contributed by atoms with Crippen LogP contribution in [-0.4, -0.2) is 0 Å². The zero-order valence-corrected chi connectivity index (χ0v) is 8.90. The van der Waals surface area contributed by atoms with Gasteiger partial charge in [0.05, 0.1) is 5.02 Å².